The molecule has 2 heterocycles. The highest BCUT2D eigenvalue weighted by atomic mass is 19.4. The van der Waals surface area contributed by atoms with E-state index in [1.54, 1.807) is 17.1 Å². The van der Waals surface area contributed by atoms with Gasteiger partial charge in [-0.05, 0) is 37.6 Å². The molecule has 2 aromatic heterocycles. The first-order valence-electron chi connectivity index (χ1n) is 7.04. The maximum Gasteiger partial charge on any atom is 0.573 e. The molecule has 0 radical (unpaired) electrons. The average molecular weight is 334 g/mol. The normalized spacial score (nSPS) is 11.5. The van der Waals surface area contributed by atoms with Crippen LogP contribution in [0.2, 0.25) is 0 Å². The molecule has 3 rings (SSSR count). The number of rotatable bonds is 3. The van der Waals surface area contributed by atoms with Crippen LogP contribution >= 0.6 is 0 Å². The molecule has 24 heavy (non-hydrogen) atoms. The van der Waals surface area contributed by atoms with Crippen LogP contribution in [0.3, 0.4) is 0 Å². The van der Waals surface area contributed by atoms with Crippen molar-refractivity contribution in [3.63, 3.8) is 0 Å². The summed E-state index contributed by atoms with van der Waals surface area (Å²) < 4.78 is 41.9. The van der Waals surface area contributed by atoms with Gasteiger partial charge in [0.15, 0.2) is 0 Å². The minimum Gasteiger partial charge on any atom is -0.406 e. The van der Waals surface area contributed by atoms with Crippen molar-refractivity contribution >= 4 is 0 Å². The van der Waals surface area contributed by atoms with Crippen LogP contribution in [-0.2, 0) is 0 Å². The van der Waals surface area contributed by atoms with E-state index in [0.29, 0.717) is 17.1 Å². The van der Waals surface area contributed by atoms with E-state index in [0.717, 1.165) is 11.4 Å². The van der Waals surface area contributed by atoms with Crippen molar-refractivity contribution in [1.29, 1.82) is 0 Å². The molecule has 8 heteroatoms. The van der Waals surface area contributed by atoms with E-state index in [2.05, 4.69) is 19.8 Å². The molecule has 0 aliphatic rings. The first-order valence-corrected chi connectivity index (χ1v) is 7.04. The van der Waals surface area contributed by atoms with Gasteiger partial charge in [-0.15, -0.1) is 13.2 Å². The zero-order chi connectivity index (χ0) is 17.3. The number of aromatic nitrogens is 4. The quantitative estimate of drug-likeness (QED) is 0.730. The molecule has 0 N–H and O–H groups in total. The Morgan fingerprint density at radius 3 is 2.08 bits per heavy atom. The predicted octanol–water partition coefficient (Wildman–Crippen LogP) is 3.84. The molecular weight excluding hydrogens is 321 g/mol. The van der Waals surface area contributed by atoms with Gasteiger partial charge >= 0.3 is 6.36 Å². The Kier molecular flexibility index (Phi) is 3.96. The highest BCUT2D eigenvalue weighted by molar-refractivity contribution is 5.62. The molecule has 0 saturated carbocycles. The van der Waals surface area contributed by atoms with Gasteiger partial charge < -0.3 is 4.74 Å². The standard InChI is InChI=1S/C16H13F3N4O/c1-10-7-11(2)23(22-10)15-20-8-13(9-21-15)12-3-5-14(6-4-12)24-16(17,18)19/h3-9H,1-2H3. The van der Waals surface area contributed by atoms with Crippen LogP contribution in [0.5, 0.6) is 5.75 Å². The Hall–Kier alpha value is -2.90. The summed E-state index contributed by atoms with van der Waals surface area (Å²) >= 11 is 0. The molecule has 0 aliphatic carbocycles. The summed E-state index contributed by atoms with van der Waals surface area (Å²) in [6, 6.07) is 7.44. The Labute approximate surface area is 135 Å². The van der Waals surface area contributed by atoms with Crippen molar-refractivity contribution in [3.8, 4) is 22.8 Å². The van der Waals surface area contributed by atoms with Gasteiger partial charge in [-0.25, -0.2) is 14.6 Å². The molecule has 124 valence electrons. The van der Waals surface area contributed by atoms with Crippen LogP contribution in [-0.4, -0.2) is 26.1 Å². The molecule has 0 atom stereocenters. The van der Waals surface area contributed by atoms with E-state index in [4.69, 9.17) is 0 Å². The van der Waals surface area contributed by atoms with Crippen molar-refractivity contribution < 1.29 is 17.9 Å². The summed E-state index contributed by atoms with van der Waals surface area (Å²) in [5.74, 6) is 0.160. The second-order valence-corrected chi connectivity index (χ2v) is 5.18. The Morgan fingerprint density at radius 1 is 0.958 bits per heavy atom. The number of hydrogen-bond donors (Lipinski definition) is 0. The zero-order valence-electron chi connectivity index (χ0n) is 12.9. The SMILES string of the molecule is Cc1cc(C)n(-c2ncc(-c3ccc(OC(F)(F)F)cc3)cn2)n1. The first kappa shape index (κ1) is 16.0. The van der Waals surface area contributed by atoms with E-state index in [-0.39, 0.29) is 5.75 Å². The Bertz CT molecular complexity index is 839. The number of hydrogen-bond acceptors (Lipinski definition) is 4. The van der Waals surface area contributed by atoms with Crippen LogP contribution in [0, 0.1) is 13.8 Å². The summed E-state index contributed by atoms with van der Waals surface area (Å²) in [4.78, 5) is 8.52. The lowest BCUT2D eigenvalue weighted by Crippen LogP contribution is -2.16. The van der Waals surface area contributed by atoms with Gasteiger partial charge in [-0.2, -0.15) is 5.10 Å². The molecule has 0 spiro atoms. The topological polar surface area (TPSA) is 52.8 Å². The maximum absolute atomic E-state index is 12.2. The van der Waals surface area contributed by atoms with Crippen molar-refractivity contribution in [2.24, 2.45) is 0 Å². The molecule has 5 nitrogen and oxygen atoms in total. The molecule has 1 aromatic carbocycles. The van der Waals surface area contributed by atoms with E-state index in [1.165, 1.54) is 24.3 Å². The highest BCUT2D eigenvalue weighted by Gasteiger charge is 2.30. The lowest BCUT2D eigenvalue weighted by atomic mass is 10.1. The molecule has 0 unspecified atom stereocenters. The lowest BCUT2D eigenvalue weighted by Gasteiger charge is -2.09. The van der Waals surface area contributed by atoms with E-state index in [1.807, 2.05) is 19.9 Å². The van der Waals surface area contributed by atoms with Crippen molar-refractivity contribution in [2.75, 3.05) is 0 Å². The minimum absolute atomic E-state index is 0.272. The molecule has 0 fully saturated rings. The maximum atomic E-state index is 12.2. The second kappa shape index (κ2) is 5.95. The second-order valence-electron chi connectivity index (χ2n) is 5.18. The summed E-state index contributed by atoms with van der Waals surface area (Å²) in [7, 11) is 0. The van der Waals surface area contributed by atoms with Gasteiger partial charge in [0.2, 0.25) is 0 Å². The number of ether oxygens (including phenoxy) is 1. The molecule has 0 saturated heterocycles. The molecular formula is C16H13F3N4O. The largest absolute Gasteiger partial charge is 0.573 e. The summed E-state index contributed by atoms with van der Waals surface area (Å²) in [5.41, 5.74) is 3.14. The number of aryl methyl sites for hydroxylation is 2. The van der Waals surface area contributed by atoms with Crippen LogP contribution < -0.4 is 4.74 Å². The number of nitrogens with zero attached hydrogens (tertiary/aromatic N) is 4. The molecule has 0 amide bonds. The van der Waals surface area contributed by atoms with Crippen LogP contribution in [0.25, 0.3) is 17.1 Å². The number of benzene rings is 1. The van der Waals surface area contributed by atoms with Gasteiger partial charge in [-0.3, -0.25) is 0 Å². The summed E-state index contributed by atoms with van der Waals surface area (Å²) in [6.07, 6.45) is -1.51. The van der Waals surface area contributed by atoms with Crippen LogP contribution in [0.15, 0.2) is 42.7 Å². The first-order chi connectivity index (χ1) is 11.3. The third kappa shape index (κ3) is 3.53. The van der Waals surface area contributed by atoms with Crippen LogP contribution in [0.1, 0.15) is 11.4 Å². The van der Waals surface area contributed by atoms with E-state index < -0.39 is 6.36 Å². The fraction of sp³-hybridized carbons (Fsp3) is 0.188. The fourth-order valence-corrected chi connectivity index (χ4v) is 2.26. The number of halogens is 3. The Morgan fingerprint density at radius 2 is 1.58 bits per heavy atom. The minimum atomic E-state index is -4.70. The molecule has 0 bridgehead atoms. The van der Waals surface area contributed by atoms with E-state index >= 15 is 0 Å². The Balaban J connectivity index is 1.82. The van der Waals surface area contributed by atoms with Crippen molar-refractivity contribution in [1.82, 2.24) is 19.7 Å². The van der Waals surface area contributed by atoms with Crippen LogP contribution in [0.4, 0.5) is 13.2 Å². The summed E-state index contributed by atoms with van der Waals surface area (Å²) in [5, 5.41) is 4.30. The molecule has 3 aromatic rings. The monoisotopic (exact) mass is 334 g/mol. The van der Waals surface area contributed by atoms with Gasteiger partial charge in [0.25, 0.3) is 5.95 Å². The fourth-order valence-electron chi connectivity index (χ4n) is 2.26. The molecule has 0 aliphatic heterocycles. The lowest BCUT2D eigenvalue weighted by molar-refractivity contribution is -0.274. The van der Waals surface area contributed by atoms with Gasteiger partial charge in [0.05, 0.1) is 5.69 Å². The van der Waals surface area contributed by atoms with Crippen molar-refractivity contribution in [2.45, 2.75) is 20.2 Å². The van der Waals surface area contributed by atoms with E-state index in [9.17, 15) is 13.2 Å². The van der Waals surface area contributed by atoms with Crippen molar-refractivity contribution in [3.05, 3.63) is 54.1 Å². The van der Waals surface area contributed by atoms with Gasteiger partial charge in [0.1, 0.15) is 5.75 Å². The van der Waals surface area contributed by atoms with Gasteiger partial charge in [0, 0.05) is 23.7 Å². The number of alkyl halides is 3. The predicted molar refractivity (Wildman–Crippen MR) is 80.7 cm³/mol. The van der Waals surface area contributed by atoms with Gasteiger partial charge in [-0.1, -0.05) is 12.1 Å². The highest BCUT2D eigenvalue weighted by Crippen LogP contribution is 2.26. The third-order valence-electron chi connectivity index (χ3n) is 3.26. The summed E-state index contributed by atoms with van der Waals surface area (Å²) in [6.45, 7) is 3.78. The zero-order valence-corrected chi connectivity index (χ0v) is 12.9. The third-order valence-corrected chi connectivity index (χ3v) is 3.26. The smallest absolute Gasteiger partial charge is 0.406 e. The average Bonchev–Trinajstić information content (AvgIpc) is 2.85.